The van der Waals surface area contributed by atoms with Gasteiger partial charge in [0, 0.05) is 62.8 Å². The van der Waals surface area contributed by atoms with Gasteiger partial charge in [-0.25, -0.2) is 9.97 Å². The Kier molecular flexibility index (Phi) is 6.11. The van der Waals surface area contributed by atoms with Gasteiger partial charge in [0.25, 0.3) is 0 Å². The summed E-state index contributed by atoms with van der Waals surface area (Å²) < 4.78 is 0. The van der Waals surface area contributed by atoms with Crippen molar-refractivity contribution >= 4 is 16.7 Å². The number of β-amino-alcohol motifs (C(OH)–C–C–N with tert-alkyl or cyclic N) is 1. The molecule has 2 aliphatic rings. The zero-order valence-electron chi connectivity index (χ0n) is 18.0. The fourth-order valence-corrected chi connectivity index (χ4v) is 4.95. The summed E-state index contributed by atoms with van der Waals surface area (Å²) in [5, 5.41) is 10.3. The van der Waals surface area contributed by atoms with Crippen LogP contribution in [-0.4, -0.2) is 83.3 Å². The van der Waals surface area contributed by atoms with E-state index in [-0.39, 0.29) is 6.61 Å². The third kappa shape index (κ3) is 4.42. The molecule has 0 saturated carbocycles. The van der Waals surface area contributed by atoms with E-state index in [9.17, 15) is 0 Å². The average molecular weight is 418 g/mol. The Bertz CT molecular complexity index is 995. The third-order valence-electron chi connectivity index (χ3n) is 6.72. The molecule has 0 aliphatic carbocycles. The number of para-hydroxylation sites is 1. The summed E-state index contributed by atoms with van der Waals surface area (Å²) in [6.07, 6.45) is 2.33. The summed E-state index contributed by atoms with van der Waals surface area (Å²) in [5.41, 5.74) is 2.07. The van der Waals surface area contributed by atoms with Gasteiger partial charge in [-0.1, -0.05) is 42.5 Å². The molecule has 6 heteroatoms. The van der Waals surface area contributed by atoms with Crippen molar-refractivity contribution in [1.29, 1.82) is 0 Å². The molecule has 2 aromatic carbocycles. The fourth-order valence-electron chi connectivity index (χ4n) is 4.95. The van der Waals surface area contributed by atoms with Crippen molar-refractivity contribution in [1.82, 2.24) is 19.8 Å². The number of piperidine rings is 1. The monoisotopic (exact) mass is 417 g/mol. The van der Waals surface area contributed by atoms with Crippen molar-refractivity contribution < 1.29 is 5.11 Å². The number of piperazine rings is 1. The second-order valence-electron chi connectivity index (χ2n) is 8.57. The number of aliphatic hydroxyl groups excluding tert-OH is 1. The van der Waals surface area contributed by atoms with Crippen LogP contribution < -0.4 is 4.90 Å². The van der Waals surface area contributed by atoms with E-state index in [4.69, 9.17) is 15.1 Å². The van der Waals surface area contributed by atoms with Crippen LogP contribution in [0.1, 0.15) is 12.8 Å². The molecule has 1 N–H and O–H groups in total. The number of hydrogen-bond donors (Lipinski definition) is 1. The van der Waals surface area contributed by atoms with Crippen LogP contribution in [0.4, 0.5) is 5.82 Å². The molecule has 3 aromatic rings. The van der Waals surface area contributed by atoms with Gasteiger partial charge in [-0.3, -0.25) is 9.80 Å². The van der Waals surface area contributed by atoms with Crippen LogP contribution in [0.15, 0.2) is 54.6 Å². The molecule has 0 atom stereocenters. The molecular weight excluding hydrogens is 386 g/mol. The van der Waals surface area contributed by atoms with Crippen molar-refractivity contribution in [3.63, 3.8) is 0 Å². The van der Waals surface area contributed by atoms with Gasteiger partial charge in [0.05, 0.1) is 12.1 Å². The van der Waals surface area contributed by atoms with Gasteiger partial charge in [-0.2, -0.15) is 0 Å². The largest absolute Gasteiger partial charge is 0.395 e. The molecule has 6 nitrogen and oxygen atoms in total. The normalized spacial score (nSPS) is 19.2. The Labute approximate surface area is 184 Å². The van der Waals surface area contributed by atoms with E-state index in [1.807, 2.05) is 18.2 Å². The highest BCUT2D eigenvalue weighted by Crippen LogP contribution is 2.30. The number of nitrogens with zero attached hydrogens (tertiary/aromatic N) is 5. The lowest BCUT2D eigenvalue weighted by Crippen LogP contribution is -2.53. The first-order valence-corrected chi connectivity index (χ1v) is 11.5. The van der Waals surface area contributed by atoms with Gasteiger partial charge >= 0.3 is 0 Å². The molecule has 0 spiro atoms. The van der Waals surface area contributed by atoms with Crippen LogP contribution in [0, 0.1) is 0 Å². The quantitative estimate of drug-likeness (QED) is 0.689. The zero-order valence-corrected chi connectivity index (χ0v) is 18.0. The lowest BCUT2D eigenvalue weighted by molar-refractivity contribution is 0.0746. The lowest BCUT2D eigenvalue weighted by Gasteiger charge is -2.43. The summed E-state index contributed by atoms with van der Waals surface area (Å²) in [7, 11) is 0. The predicted molar refractivity (Wildman–Crippen MR) is 125 cm³/mol. The molecule has 2 saturated heterocycles. The highest BCUT2D eigenvalue weighted by molar-refractivity contribution is 5.91. The molecule has 0 bridgehead atoms. The third-order valence-corrected chi connectivity index (χ3v) is 6.72. The van der Waals surface area contributed by atoms with E-state index >= 15 is 0 Å². The smallest absolute Gasteiger partial charge is 0.162 e. The first kappa shape index (κ1) is 20.4. The molecule has 2 fully saturated rings. The fraction of sp³-hybridized carbons (Fsp3) is 0.440. The summed E-state index contributed by atoms with van der Waals surface area (Å²) in [6.45, 7) is 7.47. The molecule has 0 unspecified atom stereocenters. The van der Waals surface area contributed by atoms with Crippen LogP contribution in [-0.2, 0) is 0 Å². The number of benzene rings is 2. The standard InChI is InChI=1S/C25H31N5O/c31-19-18-28-14-16-29(17-15-28)21-10-12-30(13-11-21)25-22-8-4-5-9-23(22)26-24(27-25)20-6-2-1-3-7-20/h1-9,21,31H,10-19H2. The van der Waals surface area contributed by atoms with Crippen molar-refractivity contribution in [3.8, 4) is 11.4 Å². The lowest BCUT2D eigenvalue weighted by atomic mass is 10.0. The summed E-state index contributed by atoms with van der Waals surface area (Å²) in [6, 6.07) is 19.3. The Hall–Kier alpha value is -2.54. The molecule has 31 heavy (non-hydrogen) atoms. The Morgan fingerprint density at radius 2 is 1.52 bits per heavy atom. The number of aromatic nitrogens is 2. The highest BCUT2D eigenvalue weighted by atomic mass is 16.3. The number of anilines is 1. The van der Waals surface area contributed by atoms with Gasteiger partial charge < -0.3 is 10.0 Å². The maximum Gasteiger partial charge on any atom is 0.162 e. The maximum absolute atomic E-state index is 9.17. The summed E-state index contributed by atoms with van der Waals surface area (Å²) in [4.78, 5) is 17.3. The second kappa shape index (κ2) is 9.30. The summed E-state index contributed by atoms with van der Waals surface area (Å²) in [5.74, 6) is 1.87. The minimum atomic E-state index is 0.260. The molecule has 0 radical (unpaired) electrons. The van der Waals surface area contributed by atoms with Gasteiger partial charge in [0.2, 0.25) is 0 Å². The van der Waals surface area contributed by atoms with Gasteiger partial charge in [0.1, 0.15) is 5.82 Å². The molecule has 5 rings (SSSR count). The van der Waals surface area contributed by atoms with Crippen LogP contribution >= 0.6 is 0 Å². The molecule has 1 aromatic heterocycles. The van der Waals surface area contributed by atoms with Crippen molar-refractivity contribution in [2.24, 2.45) is 0 Å². The van der Waals surface area contributed by atoms with Crippen molar-refractivity contribution in [2.75, 3.05) is 57.3 Å². The van der Waals surface area contributed by atoms with Crippen LogP contribution in [0.5, 0.6) is 0 Å². The first-order valence-electron chi connectivity index (χ1n) is 11.5. The Morgan fingerprint density at radius 1 is 0.806 bits per heavy atom. The van der Waals surface area contributed by atoms with Crippen molar-refractivity contribution in [3.05, 3.63) is 54.6 Å². The number of hydrogen-bond acceptors (Lipinski definition) is 6. The molecule has 162 valence electrons. The predicted octanol–water partition coefficient (Wildman–Crippen LogP) is 2.88. The zero-order chi connectivity index (χ0) is 21.0. The number of rotatable bonds is 5. The molecule has 0 amide bonds. The minimum Gasteiger partial charge on any atom is -0.395 e. The van der Waals surface area contributed by atoms with Crippen LogP contribution in [0.25, 0.3) is 22.3 Å². The second-order valence-corrected chi connectivity index (χ2v) is 8.57. The van der Waals surface area contributed by atoms with Gasteiger partial charge in [-0.15, -0.1) is 0 Å². The molecule has 3 heterocycles. The Balaban J connectivity index is 1.33. The van der Waals surface area contributed by atoms with Gasteiger partial charge in [-0.05, 0) is 25.0 Å². The minimum absolute atomic E-state index is 0.260. The first-order chi connectivity index (χ1) is 15.3. The SMILES string of the molecule is OCCN1CCN(C2CCN(c3nc(-c4ccccc4)nc4ccccc34)CC2)CC1. The average Bonchev–Trinajstić information content (AvgIpc) is 2.85. The van der Waals surface area contributed by atoms with E-state index < -0.39 is 0 Å². The topological polar surface area (TPSA) is 55.7 Å². The van der Waals surface area contributed by atoms with E-state index in [2.05, 4.69) is 51.1 Å². The van der Waals surface area contributed by atoms with E-state index in [1.165, 1.54) is 12.8 Å². The molecular formula is C25H31N5O. The van der Waals surface area contributed by atoms with E-state index in [1.54, 1.807) is 0 Å². The highest BCUT2D eigenvalue weighted by Gasteiger charge is 2.28. The summed E-state index contributed by atoms with van der Waals surface area (Å²) >= 11 is 0. The van der Waals surface area contributed by atoms with Crippen LogP contribution in [0.2, 0.25) is 0 Å². The van der Waals surface area contributed by atoms with E-state index in [0.717, 1.165) is 73.9 Å². The van der Waals surface area contributed by atoms with E-state index in [0.29, 0.717) is 6.04 Å². The number of fused-ring (bicyclic) bond motifs is 1. The Morgan fingerprint density at radius 3 is 2.26 bits per heavy atom. The molecule has 2 aliphatic heterocycles. The van der Waals surface area contributed by atoms with Crippen molar-refractivity contribution in [2.45, 2.75) is 18.9 Å². The van der Waals surface area contributed by atoms with Crippen LogP contribution in [0.3, 0.4) is 0 Å². The number of aliphatic hydroxyl groups is 1. The maximum atomic E-state index is 9.17. The van der Waals surface area contributed by atoms with Gasteiger partial charge in [0.15, 0.2) is 5.82 Å².